The Bertz CT molecular complexity index is 673. The molecule has 0 amide bonds. The minimum absolute atomic E-state index is 0.288. The van der Waals surface area contributed by atoms with E-state index in [9.17, 15) is 4.39 Å². The van der Waals surface area contributed by atoms with E-state index >= 15 is 0 Å². The maximum atomic E-state index is 13.5. The SMILES string of the molecule is CC=CN1CNC2(Cl)N=C(I)NC(c3cccc(F)c3)=C12. The molecule has 0 saturated carbocycles. The van der Waals surface area contributed by atoms with E-state index in [4.69, 9.17) is 11.6 Å². The molecule has 0 spiro atoms. The van der Waals surface area contributed by atoms with Crippen LogP contribution in [0.2, 0.25) is 0 Å². The molecule has 2 N–H and O–H groups in total. The molecule has 110 valence electrons. The van der Waals surface area contributed by atoms with Gasteiger partial charge in [-0.05, 0) is 41.6 Å². The second-order valence-electron chi connectivity index (χ2n) is 4.67. The molecule has 2 aliphatic rings. The van der Waals surface area contributed by atoms with Crippen LogP contribution < -0.4 is 10.6 Å². The molecule has 7 heteroatoms. The van der Waals surface area contributed by atoms with Gasteiger partial charge in [0.2, 0.25) is 5.12 Å². The van der Waals surface area contributed by atoms with E-state index in [0.29, 0.717) is 10.5 Å². The molecule has 1 saturated heterocycles. The second-order valence-corrected chi connectivity index (χ2v) is 6.24. The first kappa shape index (κ1) is 14.8. The number of nitrogens with zero attached hydrogens (tertiary/aromatic N) is 2. The third-order valence-electron chi connectivity index (χ3n) is 3.24. The van der Waals surface area contributed by atoms with E-state index in [1.54, 1.807) is 6.07 Å². The molecule has 2 heterocycles. The number of rotatable bonds is 2. The average Bonchev–Trinajstić information content (AvgIpc) is 2.75. The highest BCUT2D eigenvalue weighted by atomic mass is 127. The quantitative estimate of drug-likeness (QED) is 0.440. The van der Waals surface area contributed by atoms with Crippen molar-refractivity contribution in [2.24, 2.45) is 4.99 Å². The fourth-order valence-corrected chi connectivity index (χ4v) is 3.55. The number of hydrogen-bond donors (Lipinski definition) is 2. The number of benzene rings is 1. The van der Waals surface area contributed by atoms with Crippen LogP contribution in [-0.2, 0) is 0 Å². The largest absolute Gasteiger partial charge is 0.333 e. The van der Waals surface area contributed by atoms with E-state index in [-0.39, 0.29) is 5.82 Å². The highest BCUT2D eigenvalue weighted by molar-refractivity contribution is 14.1. The van der Waals surface area contributed by atoms with Crippen LogP contribution in [0.4, 0.5) is 4.39 Å². The average molecular weight is 419 g/mol. The van der Waals surface area contributed by atoms with Crippen molar-refractivity contribution in [2.45, 2.75) is 12.0 Å². The topological polar surface area (TPSA) is 39.7 Å². The zero-order valence-corrected chi connectivity index (χ0v) is 14.1. The zero-order chi connectivity index (χ0) is 15.0. The maximum Gasteiger partial charge on any atom is 0.233 e. The third-order valence-corrected chi connectivity index (χ3v) is 4.15. The Kier molecular flexibility index (Phi) is 3.94. The fraction of sp³-hybridized carbons (Fsp3) is 0.214. The van der Waals surface area contributed by atoms with Gasteiger partial charge in [0.25, 0.3) is 0 Å². The lowest BCUT2D eigenvalue weighted by Crippen LogP contribution is -2.40. The van der Waals surface area contributed by atoms with Crippen molar-refractivity contribution < 1.29 is 4.39 Å². The van der Waals surface area contributed by atoms with Crippen LogP contribution in [-0.4, -0.2) is 20.5 Å². The highest BCUT2D eigenvalue weighted by Crippen LogP contribution is 2.39. The summed E-state index contributed by atoms with van der Waals surface area (Å²) in [6.07, 6.45) is 3.84. The van der Waals surface area contributed by atoms with Crippen LogP contribution in [0, 0.1) is 5.82 Å². The summed E-state index contributed by atoms with van der Waals surface area (Å²) >= 11 is 8.68. The van der Waals surface area contributed by atoms with Gasteiger partial charge in [-0.3, -0.25) is 5.32 Å². The van der Waals surface area contributed by atoms with Gasteiger partial charge in [0.05, 0.1) is 12.4 Å². The lowest BCUT2D eigenvalue weighted by atomic mass is 10.1. The second kappa shape index (κ2) is 5.58. The predicted molar refractivity (Wildman–Crippen MR) is 91.2 cm³/mol. The fourth-order valence-electron chi connectivity index (χ4n) is 2.43. The van der Waals surface area contributed by atoms with Gasteiger partial charge in [-0.2, -0.15) is 0 Å². The Balaban J connectivity index is 2.18. The maximum absolute atomic E-state index is 13.5. The van der Waals surface area contributed by atoms with Gasteiger partial charge in [-0.1, -0.05) is 29.8 Å². The first-order valence-corrected chi connectivity index (χ1v) is 7.85. The normalized spacial score (nSPS) is 25.1. The minimum atomic E-state index is -1.02. The molecule has 4 nitrogen and oxygen atoms in total. The third kappa shape index (κ3) is 2.67. The lowest BCUT2D eigenvalue weighted by molar-refractivity contribution is 0.515. The molecule has 0 aromatic heterocycles. The predicted octanol–water partition coefficient (Wildman–Crippen LogP) is 3.18. The van der Waals surface area contributed by atoms with Gasteiger partial charge in [0, 0.05) is 11.8 Å². The summed E-state index contributed by atoms with van der Waals surface area (Å²) in [7, 11) is 0. The van der Waals surface area contributed by atoms with E-state index in [2.05, 4.69) is 38.2 Å². The summed E-state index contributed by atoms with van der Waals surface area (Å²) in [5.74, 6) is -0.288. The number of alkyl halides is 1. The van der Waals surface area contributed by atoms with Crippen LogP contribution >= 0.6 is 34.2 Å². The standard InChI is InChI=1S/C14H13ClFIN4/c1-2-6-21-8-18-14(15)12(21)11(19-13(17)20-14)9-4-3-5-10(16)7-9/h2-7,18H,8H2,1H3,(H,19,20). The summed E-state index contributed by atoms with van der Waals surface area (Å²) in [5, 5.41) is 5.34. The molecular weight excluding hydrogens is 406 g/mol. The monoisotopic (exact) mass is 418 g/mol. The van der Waals surface area contributed by atoms with E-state index < -0.39 is 5.12 Å². The van der Waals surface area contributed by atoms with Crippen LogP contribution in [0.1, 0.15) is 12.5 Å². The van der Waals surface area contributed by atoms with E-state index in [1.165, 1.54) is 12.1 Å². The van der Waals surface area contributed by atoms with Gasteiger partial charge in [-0.15, -0.1) is 0 Å². The Labute approximate surface area is 140 Å². The molecule has 1 aromatic carbocycles. The first-order chi connectivity index (χ1) is 10.0. The van der Waals surface area contributed by atoms with E-state index in [0.717, 1.165) is 17.0 Å². The Morgan fingerprint density at radius 3 is 3.05 bits per heavy atom. The van der Waals surface area contributed by atoms with Gasteiger partial charge in [0.15, 0.2) is 3.84 Å². The molecule has 1 atom stereocenters. The van der Waals surface area contributed by atoms with Crippen molar-refractivity contribution in [3.8, 4) is 0 Å². The molecule has 3 rings (SSSR count). The van der Waals surface area contributed by atoms with Crippen molar-refractivity contribution >= 4 is 43.7 Å². The van der Waals surface area contributed by atoms with Crippen LogP contribution in [0.15, 0.2) is 47.2 Å². The zero-order valence-electron chi connectivity index (χ0n) is 11.2. The molecule has 0 radical (unpaired) electrons. The van der Waals surface area contributed by atoms with Gasteiger partial charge in [0.1, 0.15) is 11.5 Å². The van der Waals surface area contributed by atoms with Crippen molar-refractivity contribution in [3.05, 3.63) is 53.6 Å². The molecule has 1 fully saturated rings. The van der Waals surface area contributed by atoms with Crippen molar-refractivity contribution in [1.29, 1.82) is 0 Å². The molecular formula is C14H13ClFIN4. The summed E-state index contributed by atoms with van der Waals surface area (Å²) in [6, 6.07) is 6.42. The smallest absolute Gasteiger partial charge is 0.233 e. The van der Waals surface area contributed by atoms with Crippen LogP contribution in [0.5, 0.6) is 0 Å². The molecule has 0 bridgehead atoms. The minimum Gasteiger partial charge on any atom is -0.333 e. The van der Waals surface area contributed by atoms with Gasteiger partial charge in [-0.25, -0.2) is 9.38 Å². The number of amidine groups is 1. The Morgan fingerprint density at radius 1 is 1.52 bits per heavy atom. The first-order valence-electron chi connectivity index (χ1n) is 6.40. The molecule has 21 heavy (non-hydrogen) atoms. The van der Waals surface area contributed by atoms with Gasteiger partial charge < -0.3 is 10.2 Å². The van der Waals surface area contributed by atoms with E-state index in [1.807, 2.05) is 30.2 Å². The summed E-state index contributed by atoms with van der Waals surface area (Å²) < 4.78 is 14.2. The number of allylic oxidation sites excluding steroid dienone is 1. The van der Waals surface area contributed by atoms with Crippen molar-refractivity contribution in [2.75, 3.05) is 6.67 Å². The highest BCUT2D eigenvalue weighted by Gasteiger charge is 2.45. The summed E-state index contributed by atoms with van der Waals surface area (Å²) in [4.78, 5) is 6.39. The van der Waals surface area contributed by atoms with Gasteiger partial charge >= 0.3 is 0 Å². The summed E-state index contributed by atoms with van der Waals surface area (Å²) in [6.45, 7) is 2.47. The number of halogens is 3. The number of fused-ring (bicyclic) bond motifs is 1. The molecule has 0 aliphatic carbocycles. The van der Waals surface area contributed by atoms with Crippen molar-refractivity contribution in [1.82, 2.24) is 15.5 Å². The summed E-state index contributed by atoms with van der Waals surface area (Å²) in [5.41, 5.74) is 2.26. The molecule has 2 aliphatic heterocycles. The Morgan fingerprint density at radius 2 is 2.33 bits per heavy atom. The molecule has 1 unspecified atom stereocenters. The Hall–Kier alpha value is -1.12. The lowest BCUT2D eigenvalue weighted by Gasteiger charge is -2.29. The number of aliphatic imine (C=N–C) groups is 1. The van der Waals surface area contributed by atoms with Crippen LogP contribution in [0.3, 0.4) is 0 Å². The molecule has 1 aromatic rings. The van der Waals surface area contributed by atoms with Crippen molar-refractivity contribution in [3.63, 3.8) is 0 Å². The number of hydrogen-bond acceptors (Lipinski definition) is 4. The van der Waals surface area contributed by atoms with Crippen LogP contribution in [0.25, 0.3) is 5.70 Å². The number of nitrogens with one attached hydrogen (secondary N) is 2.